The van der Waals surface area contributed by atoms with Crippen molar-refractivity contribution < 1.29 is 9.47 Å². The van der Waals surface area contributed by atoms with E-state index in [0.29, 0.717) is 12.3 Å². The average molecular weight is 194 g/mol. The van der Waals surface area contributed by atoms with Crippen LogP contribution < -0.4 is 5.73 Å². The minimum atomic E-state index is -0.506. The monoisotopic (exact) mass is 194 g/mol. The lowest BCUT2D eigenvalue weighted by Crippen LogP contribution is -2.19. The van der Waals surface area contributed by atoms with E-state index in [1.807, 2.05) is 26.0 Å². The summed E-state index contributed by atoms with van der Waals surface area (Å²) in [6, 6.07) is 3.68. The summed E-state index contributed by atoms with van der Waals surface area (Å²) in [6.45, 7) is 4.33. The summed E-state index contributed by atoms with van der Waals surface area (Å²) in [7, 11) is 0. The minimum absolute atomic E-state index is 0.0781. The van der Waals surface area contributed by atoms with Crippen molar-refractivity contribution in [1.82, 2.24) is 4.98 Å². The van der Waals surface area contributed by atoms with Gasteiger partial charge in [-0.25, -0.2) is 0 Å². The van der Waals surface area contributed by atoms with Gasteiger partial charge in [-0.2, -0.15) is 0 Å². The summed E-state index contributed by atoms with van der Waals surface area (Å²) in [5.41, 5.74) is 7.07. The lowest BCUT2D eigenvalue weighted by Gasteiger charge is -2.16. The Kier molecular flexibility index (Phi) is 2.17. The van der Waals surface area contributed by atoms with Crippen LogP contribution in [0.5, 0.6) is 0 Å². The van der Waals surface area contributed by atoms with Crippen LogP contribution in [0, 0.1) is 0 Å². The summed E-state index contributed by atoms with van der Waals surface area (Å²) < 4.78 is 11.1. The summed E-state index contributed by atoms with van der Waals surface area (Å²) in [5.74, 6) is -0.506. The molecule has 1 saturated heterocycles. The summed E-state index contributed by atoms with van der Waals surface area (Å²) in [5, 5.41) is 0. The molecule has 0 aliphatic carbocycles. The van der Waals surface area contributed by atoms with Gasteiger partial charge in [-0.15, -0.1) is 0 Å². The number of hydrogen-bond donors (Lipinski definition) is 1. The molecule has 0 aromatic carbocycles. The third kappa shape index (κ3) is 1.86. The maximum absolute atomic E-state index is 5.65. The molecule has 0 unspecified atom stereocenters. The molecule has 1 aromatic rings. The van der Waals surface area contributed by atoms with Crippen LogP contribution in [-0.2, 0) is 9.47 Å². The molecule has 1 aliphatic heterocycles. The van der Waals surface area contributed by atoms with Crippen LogP contribution >= 0.6 is 0 Å². The number of ether oxygens (including phenoxy) is 2. The number of nitrogens with two attached hydrogens (primary N) is 1. The highest BCUT2D eigenvalue weighted by Crippen LogP contribution is 2.31. The molecule has 1 aliphatic rings. The minimum Gasteiger partial charge on any atom is -0.397 e. The van der Waals surface area contributed by atoms with Crippen molar-refractivity contribution >= 4 is 5.69 Å². The van der Waals surface area contributed by atoms with Crippen molar-refractivity contribution in [2.45, 2.75) is 25.7 Å². The summed E-state index contributed by atoms with van der Waals surface area (Å²) in [4.78, 5) is 4.20. The van der Waals surface area contributed by atoms with E-state index in [1.165, 1.54) is 0 Å². The maximum atomic E-state index is 5.65. The number of anilines is 1. The van der Waals surface area contributed by atoms with Crippen LogP contribution in [0.15, 0.2) is 18.3 Å². The molecule has 0 radical (unpaired) electrons. The predicted octanol–water partition coefficient (Wildman–Crippen LogP) is 1.49. The number of pyridine rings is 1. The summed E-state index contributed by atoms with van der Waals surface area (Å²) in [6.07, 6.45) is 1.55. The number of nitrogen functional groups attached to an aromatic ring is 1. The highest BCUT2D eigenvalue weighted by Gasteiger charge is 2.34. The molecule has 2 heterocycles. The second-order valence-corrected chi connectivity index (χ2v) is 3.83. The molecule has 1 atom stereocenters. The first-order chi connectivity index (χ1) is 6.57. The normalized spacial score (nSPS) is 25.1. The topological polar surface area (TPSA) is 57.4 Å². The fourth-order valence-corrected chi connectivity index (χ4v) is 1.44. The van der Waals surface area contributed by atoms with Crippen LogP contribution in [0.2, 0.25) is 0 Å². The molecular weight excluding hydrogens is 180 g/mol. The second kappa shape index (κ2) is 3.22. The van der Waals surface area contributed by atoms with E-state index in [2.05, 4.69) is 4.98 Å². The van der Waals surface area contributed by atoms with Gasteiger partial charge in [0.15, 0.2) is 5.79 Å². The Balaban J connectivity index is 2.14. The van der Waals surface area contributed by atoms with Crippen molar-refractivity contribution in [2.75, 3.05) is 12.3 Å². The standard InChI is InChI=1S/C10H14N2O2/c1-10(2)13-6-9(14-10)8-4-3-7(11)5-12-8/h3-5,9H,6,11H2,1-2H3/t9-/m0/s1. The van der Waals surface area contributed by atoms with Crippen LogP contribution in [0.3, 0.4) is 0 Å². The van der Waals surface area contributed by atoms with Gasteiger partial charge in [-0.05, 0) is 26.0 Å². The molecule has 2 N–H and O–H groups in total. The SMILES string of the molecule is CC1(C)OC[C@@H](c2ccc(N)cn2)O1. The van der Waals surface area contributed by atoms with Crippen molar-refractivity contribution in [3.8, 4) is 0 Å². The third-order valence-electron chi connectivity index (χ3n) is 2.15. The molecular formula is C10H14N2O2. The van der Waals surface area contributed by atoms with Gasteiger partial charge in [0.05, 0.1) is 24.2 Å². The number of hydrogen-bond acceptors (Lipinski definition) is 4. The van der Waals surface area contributed by atoms with Crippen molar-refractivity contribution in [1.29, 1.82) is 0 Å². The average Bonchev–Trinajstić information content (AvgIpc) is 2.47. The zero-order chi connectivity index (χ0) is 10.2. The van der Waals surface area contributed by atoms with E-state index in [4.69, 9.17) is 15.2 Å². The van der Waals surface area contributed by atoms with Crippen LogP contribution in [0.25, 0.3) is 0 Å². The zero-order valence-electron chi connectivity index (χ0n) is 8.36. The fraction of sp³-hybridized carbons (Fsp3) is 0.500. The van der Waals surface area contributed by atoms with Crippen LogP contribution in [0.4, 0.5) is 5.69 Å². The van der Waals surface area contributed by atoms with Gasteiger partial charge < -0.3 is 15.2 Å². The number of aromatic nitrogens is 1. The van der Waals surface area contributed by atoms with Crippen molar-refractivity contribution in [2.24, 2.45) is 0 Å². The Morgan fingerprint density at radius 3 is 2.79 bits per heavy atom. The molecule has 14 heavy (non-hydrogen) atoms. The molecule has 0 amide bonds. The van der Waals surface area contributed by atoms with Gasteiger partial charge in [-0.3, -0.25) is 4.98 Å². The van der Waals surface area contributed by atoms with Crippen LogP contribution in [0.1, 0.15) is 25.6 Å². The van der Waals surface area contributed by atoms with E-state index >= 15 is 0 Å². The van der Waals surface area contributed by atoms with E-state index in [0.717, 1.165) is 5.69 Å². The van der Waals surface area contributed by atoms with E-state index in [9.17, 15) is 0 Å². The van der Waals surface area contributed by atoms with Crippen molar-refractivity contribution in [3.05, 3.63) is 24.0 Å². The van der Waals surface area contributed by atoms with Crippen LogP contribution in [-0.4, -0.2) is 17.4 Å². The molecule has 2 rings (SSSR count). The predicted molar refractivity (Wildman–Crippen MR) is 52.5 cm³/mol. The zero-order valence-corrected chi connectivity index (χ0v) is 8.36. The molecule has 0 saturated carbocycles. The summed E-state index contributed by atoms with van der Waals surface area (Å²) >= 11 is 0. The van der Waals surface area contributed by atoms with E-state index < -0.39 is 5.79 Å². The lowest BCUT2D eigenvalue weighted by atomic mass is 10.2. The highest BCUT2D eigenvalue weighted by molar-refractivity contribution is 5.35. The molecule has 4 heteroatoms. The van der Waals surface area contributed by atoms with Crippen molar-refractivity contribution in [3.63, 3.8) is 0 Å². The molecule has 4 nitrogen and oxygen atoms in total. The van der Waals surface area contributed by atoms with E-state index in [1.54, 1.807) is 6.20 Å². The van der Waals surface area contributed by atoms with Gasteiger partial charge in [0, 0.05) is 0 Å². The third-order valence-corrected chi connectivity index (χ3v) is 2.15. The Bertz CT molecular complexity index is 321. The molecule has 0 spiro atoms. The molecule has 0 bridgehead atoms. The molecule has 1 fully saturated rings. The Hall–Kier alpha value is -1.13. The fourth-order valence-electron chi connectivity index (χ4n) is 1.44. The van der Waals surface area contributed by atoms with Gasteiger partial charge in [0.25, 0.3) is 0 Å². The number of rotatable bonds is 1. The Labute approximate surface area is 83.0 Å². The first kappa shape index (κ1) is 9.43. The first-order valence-corrected chi connectivity index (χ1v) is 4.60. The van der Waals surface area contributed by atoms with Gasteiger partial charge in [0.2, 0.25) is 0 Å². The van der Waals surface area contributed by atoms with E-state index in [-0.39, 0.29) is 6.10 Å². The largest absolute Gasteiger partial charge is 0.397 e. The maximum Gasteiger partial charge on any atom is 0.163 e. The quantitative estimate of drug-likeness (QED) is 0.735. The van der Waals surface area contributed by atoms with Gasteiger partial charge >= 0.3 is 0 Å². The highest BCUT2D eigenvalue weighted by atomic mass is 16.7. The Morgan fingerprint density at radius 1 is 1.50 bits per heavy atom. The van der Waals surface area contributed by atoms with Gasteiger partial charge in [-0.1, -0.05) is 0 Å². The molecule has 1 aromatic heterocycles. The molecule has 76 valence electrons. The lowest BCUT2D eigenvalue weighted by molar-refractivity contribution is -0.139. The van der Waals surface area contributed by atoms with Gasteiger partial charge in [0.1, 0.15) is 6.10 Å². The number of nitrogens with zero attached hydrogens (tertiary/aromatic N) is 1. The first-order valence-electron chi connectivity index (χ1n) is 4.60. The Morgan fingerprint density at radius 2 is 2.29 bits per heavy atom. The smallest absolute Gasteiger partial charge is 0.163 e. The second-order valence-electron chi connectivity index (χ2n) is 3.83.